The van der Waals surface area contributed by atoms with Crippen molar-refractivity contribution >= 4 is 33.0 Å². The Hall–Kier alpha value is -1.89. The molecular weight excluding hydrogens is 384 g/mol. The first kappa shape index (κ1) is 19.9. The summed E-state index contributed by atoms with van der Waals surface area (Å²) in [4.78, 5) is 14.7. The van der Waals surface area contributed by atoms with E-state index in [0.717, 1.165) is 25.5 Å². The van der Waals surface area contributed by atoms with Gasteiger partial charge in [-0.25, -0.2) is 8.42 Å². The number of anilines is 1. The summed E-state index contributed by atoms with van der Waals surface area (Å²) >= 11 is 6.12. The number of amides is 1. The number of carbonyl (C=O) groups is 1. The first-order valence-corrected chi connectivity index (χ1v) is 11.1. The SMILES string of the molecule is CN(CC(=O)Nc1cc(S(C)(=O)=O)ccc1Cl)C1CCCc2ccccc21. The Bertz CT molecular complexity index is 959. The lowest BCUT2D eigenvalue weighted by atomic mass is 9.87. The van der Waals surface area contributed by atoms with Gasteiger partial charge in [-0.3, -0.25) is 9.69 Å². The van der Waals surface area contributed by atoms with Crippen LogP contribution in [0.1, 0.15) is 30.0 Å². The highest BCUT2D eigenvalue weighted by Gasteiger charge is 2.24. The lowest BCUT2D eigenvalue weighted by molar-refractivity contribution is -0.117. The van der Waals surface area contributed by atoms with Crippen LogP contribution in [0.5, 0.6) is 0 Å². The second-order valence-electron chi connectivity index (χ2n) is 6.98. The zero-order valence-corrected chi connectivity index (χ0v) is 17.0. The van der Waals surface area contributed by atoms with Crippen molar-refractivity contribution in [1.82, 2.24) is 4.90 Å². The van der Waals surface area contributed by atoms with Crippen LogP contribution in [0.25, 0.3) is 0 Å². The third kappa shape index (κ3) is 4.69. The van der Waals surface area contributed by atoms with Crippen molar-refractivity contribution < 1.29 is 13.2 Å². The quantitative estimate of drug-likeness (QED) is 0.822. The zero-order valence-electron chi connectivity index (χ0n) is 15.4. The van der Waals surface area contributed by atoms with E-state index in [1.54, 1.807) is 0 Å². The van der Waals surface area contributed by atoms with Crippen molar-refractivity contribution in [3.63, 3.8) is 0 Å². The van der Waals surface area contributed by atoms with Gasteiger partial charge < -0.3 is 5.32 Å². The molecule has 2 aromatic rings. The average Bonchev–Trinajstić information content (AvgIpc) is 2.62. The minimum Gasteiger partial charge on any atom is -0.324 e. The van der Waals surface area contributed by atoms with Crippen molar-refractivity contribution in [2.75, 3.05) is 25.2 Å². The van der Waals surface area contributed by atoms with Crippen LogP contribution in [0.3, 0.4) is 0 Å². The Morgan fingerprint density at radius 2 is 2.00 bits per heavy atom. The van der Waals surface area contributed by atoms with Crippen LogP contribution in [0, 0.1) is 0 Å². The number of carbonyl (C=O) groups excluding carboxylic acids is 1. The largest absolute Gasteiger partial charge is 0.324 e. The van der Waals surface area contributed by atoms with Crippen molar-refractivity contribution in [2.45, 2.75) is 30.2 Å². The smallest absolute Gasteiger partial charge is 0.238 e. The van der Waals surface area contributed by atoms with E-state index in [1.165, 1.54) is 29.3 Å². The van der Waals surface area contributed by atoms with Gasteiger partial charge in [0.25, 0.3) is 0 Å². The summed E-state index contributed by atoms with van der Waals surface area (Å²) in [6.07, 6.45) is 4.29. The van der Waals surface area contributed by atoms with Gasteiger partial charge in [0.15, 0.2) is 9.84 Å². The van der Waals surface area contributed by atoms with Gasteiger partial charge in [-0.15, -0.1) is 0 Å². The predicted octanol–water partition coefficient (Wildman–Crippen LogP) is 3.69. The van der Waals surface area contributed by atoms with Crippen molar-refractivity contribution in [3.05, 3.63) is 58.6 Å². The topological polar surface area (TPSA) is 66.5 Å². The van der Waals surface area contributed by atoms with Crippen LogP contribution in [0.4, 0.5) is 5.69 Å². The molecule has 1 amide bonds. The van der Waals surface area contributed by atoms with E-state index in [1.807, 2.05) is 24.1 Å². The van der Waals surface area contributed by atoms with Crippen LogP contribution in [-0.2, 0) is 21.1 Å². The number of aryl methyl sites for hydroxylation is 1. The molecule has 7 heteroatoms. The molecule has 1 atom stereocenters. The molecule has 144 valence electrons. The van der Waals surface area contributed by atoms with E-state index in [9.17, 15) is 13.2 Å². The fourth-order valence-corrected chi connectivity index (χ4v) is 4.36. The van der Waals surface area contributed by atoms with E-state index in [-0.39, 0.29) is 23.4 Å². The highest BCUT2D eigenvalue weighted by molar-refractivity contribution is 7.90. The predicted molar refractivity (Wildman–Crippen MR) is 108 cm³/mol. The van der Waals surface area contributed by atoms with Gasteiger partial charge in [0.2, 0.25) is 5.91 Å². The number of hydrogen-bond acceptors (Lipinski definition) is 4. The highest BCUT2D eigenvalue weighted by Crippen LogP contribution is 2.33. The third-order valence-corrected chi connectivity index (χ3v) is 6.34. The molecule has 0 saturated heterocycles. The van der Waals surface area contributed by atoms with E-state index in [0.29, 0.717) is 10.7 Å². The number of fused-ring (bicyclic) bond motifs is 1. The molecule has 0 bridgehead atoms. The molecular formula is C20H23ClN2O3S. The lowest BCUT2D eigenvalue weighted by Crippen LogP contribution is -2.35. The van der Waals surface area contributed by atoms with Crippen molar-refractivity contribution in [2.24, 2.45) is 0 Å². The number of benzene rings is 2. The molecule has 1 N–H and O–H groups in total. The van der Waals surface area contributed by atoms with Gasteiger partial charge in [-0.1, -0.05) is 35.9 Å². The summed E-state index contributed by atoms with van der Waals surface area (Å²) in [7, 11) is -1.44. The molecule has 1 aliphatic carbocycles. The van der Waals surface area contributed by atoms with Crippen molar-refractivity contribution in [3.8, 4) is 0 Å². The third-order valence-electron chi connectivity index (χ3n) is 4.90. The fourth-order valence-electron chi connectivity index (χ4n) is 3.54. The van der Waals surface area contributed by atoms with Crippen LogP contribution >= 0.6 is 11.6 Å². The van der Waals surface area contributed by atoms with Gasteiger partial charge in [0, 0.05) is 12.3 Å². The molecule has 1 aliphatic rings. The second kappa shape index (κ2) is 8.00. The summed E-state index contributed by atoms with van der Waals surface area (Å²) in [6.45, 7) is 0.193. The minimum absolute atomic E-state index is 0.122. The summed E-state index contributed by atoms with van der Waals surface area (Å²) in [6, 6.07) is 12.8. The van der Waals surface area contributed by atoms with Gasteiger partial charge in [-0.2, -0.15) is 0 Å². The maximum absolute atomic E-state index is 12.5. The standard InChI is InChI=1S/C20H23ClN2O3S/c1-23(19-9-5-7-14-6-3-4-8-16(14)19)13-20(24)22-18-12-15(27(2,25)26)10-11-17(18)21/h3-4,6,8,10-12,19H,5,7,9,13H2,1-2H3,(H,22,24). The van der Waals surface area contributed by atoms with Crippen LogP contribution < -0.4 is 5.32 Å². The van der Waals surface area contributed by atoms with Crippen LogP contribution in [0.2, 0.25) is 5.02 Å². The fraction of sp³-hybridized carbons (Fsp3) is 0.350. The Kier molecular flexibility index (Phi) is 5.89. The Labute approximate surface area is 165 Å². The van der Waals surface area contributed by atoms with Crippen LogP contribution in [0.15, 0.2) is 47.4 Å². The summed E-state index contributed by atoms with van der Waals surface area (Å²) in [5.74, 6) is -0.229. The Balaban J connectivity index is 1.72. The molecule has 0 fully saturated rings. The van der Waals surface area contributed by atoms with E-state index in [4.69, 9.17) is 11.6 Å². The number of hydrogen-bond donors (Lipinski definition) is 1. The van der Waals surface area contributed by atoms with Crippen LogP contribution in [-0.4, -0.2) is 39.1 Å². The van der Waals surface area contributed by atoms with E-state index >= 15 is 0 Å². The highest BCUT2D eigenvalue weighted by atomic mass is 35.5. The normalized spacial score (nSPS) is 16.8. The first-order chi connectivity index (χ1) is 12.8. The molecule has 0 saturated carbocycles. The Morgan fingerprint density at radius 1 is 1.26 bits per heavy atom. The second-order valence-corrected chi connectivity index (χ2v) is 9.41. The molecule has 0 spiro atoms. The number of halogens is 1. The number of sulfone groups is 1. The van der Waals surface area contributed by atoms with Gasteiger partial charge in [0.05, 0.1) is 22.2 Å². The Morgan fingerprint density at radius 3 is 2.74 bits per heavy atom. The number of nitrogens with zero attached hydrogens (tertiary/aromatic N) is 1. The molecule has 0 aromatic heterocycles. The van der Waals surface area contributed by atoms with Gasteiger partial charge in [0.1, 0.15) is 0 Å². The van der Waals surface area contributed by atoms with Gasteiger partial charge >= 0.3 is 0 Å². The molecule has 27 heavy (non-hydrogen) atoms. The molecule has 1 unspecified atom stereocenters. The van der Waals surface area contributed by atoms with Crippen molar-refractivity contribution in [1.29, 1.82) is 0 Å². The average molecular weight is 407 g/mol. The lowest BCUT2D eigenvalue weighted by Gasteiger charge is -2.32. The summed E-state index contributed by atoms with van der Waals surface area (Å²) in [5.41, 5.74) is 2.92. The maximum atomic E-state index is 12.5. The van der Waals surface area contributed by atoms with E-state index in [2.05, 4.69) is 17.4 Å². The minimum atomic E-state index is -3.37. The number of likely N-dealkylation sites (N-methyl/N-ethyl adjacent to an activating group) is 1. The monoisotopic (exact) mass is 406 g/mol. The van der Waals surface area contributed by atoms with Gasteiger partial charge in [-0.05, 0) is 55.6 Å². The molecule has 2 aromatic carbocycles. The summed E-state index contributed by atoms with van der Waals surface area (Å²) < 4.78 is 23.4. The number of nitrogens with one attached hydrogen (secondary N) is 1. The molecule has 5 nitrogen and oxygen atoms in total. The summed E-state index contributed by atoms with van der Waals surface area (Å²) in [5, 5.41) is 3.05. The maximum Gasteiger partial charge on any atom is 0.238 e. The first-order valence-electron chi connectivity index (χ1n) is 8.83. The molecule has 3 rings (SSSR count). The molecule has 0 aliphatic heterocycles. The molecule has 0 radical (unpaired) electrons. The van der Waals surface area contributed by atoms with E-state index < -0.39 is 9.84 Å². The number of rotatable bonds is 5. The zero-order chi connectivity index (χ0) is 19.6. The molecule has 0 heterocycles.